The van der Waals surface area contributed by atoms with Gasteiger partial charge in [0.05, 0.1) is 19.4 Å². The quantitative estimate of drug-likeness (QED) is 0.834. The molecule has 2 aliphatic heterocycles. The second-order valence-corrected chi connectivity index (χ2v) is 7.29. The second-order valence-electron chi connectivity index (χ2n) is 6.13. The number of aryl methyl sites for hydroxylation is 2. The zero-order valence-corrected chi connectivity index (χ0v) is 14.5. The first-order chi connectivity index (χ1) is 11.7. The summed E-state index contributed by atoms with van der Waals surface area (Å²) in [6.07, 6.45) is 1.70. The average Bonchev–Trinajstić information content (AvgIpc) is 3.14. The molecule has 0 radical (unpaired) electrons. The Morgan fingerprint density at radius 1 is 1.12 bits per heavy atom. The lowest BCUT2D eigenvalue weighted by Gasteiger charge is -2.18. The molecule has 2 fully saturated rings. The summed E-state index contributed by atoms with van der Waals surface area (Å²) in [6, 6.07) is 3.86. The standard InChI is InChI=1S/C16H20N4O3S/c1-10-3-4-12(5-17-10)23-13-8-21-14-6-20(7-15(14)22-9-13)16-19-18-11(2)24-16/h3-5,13-15H,6-9H2,1-2H3/t14-,15-/m0/s1. The van der Waals surface area contributed by atoms with Crippen molar-refractivity contribution in [3.63, 3.8) is 0 Å². The van der Waals surface area contributed by atoms with E-state index in [0.717, 1.165) is 34.7 Å². The molecule has 0 spiro atoms. The van der Waals surface area contributed by atoms with E-state index in [0.29, 0.717) is 13.2 Å². The van der Waals surface area contributed by atoms with Crippen LogP contribution in [0.15, 0.2) is 18.3 Å². The molecular weight excluding hydrogens is 328 g/mol. The molecule has 0 saturated carbocycles. The summed E-state index contributed by atoms with van der Waals surface area (Å²) in [4.78, 5) is 6.43. The summed E-state index contributed by atoms with van der Waals surface area (Å²) in [5.74, 6) is 0.746. The average molecular weight is 348 g/mol. The molecule has 2 aromatic rings. The van der Waals surface area contributed by atoms with Crippen molar-refractivity contribution in [2.24, 2.45) is 0 Å². The van der Waals surface area contributed by atoms with Gasteiger partial charge in [0, 0.05) is 18.8 Å². The van der Waals surface area contributed by atoms with Gasteiger partial charge in [0.2, 0.25) is 5.13 Å². The van der Waals surface area contributed by atoms with Gasteiger partial charge in [-0.2, -0.15) is 0 Å². The van der Waals surface area contributed by atoms with E-state index in [4.69, 9.17) is 14.2 Å². The van der Waals surface area contributed by atoms with Gasteiger partial charge in [-0.15, -0.1) is 10.2 Å². The number of fused-ring (bicyclic) bond motifs is 1. The smallest absolute Gasteiger partial charge is 0.208 e. The molecule has 2 aromatic heterocycles. The summed E-state index contributed by atoms with van der Waals surface area (Å²) in [5, 5.41) is 10.2. The lowest BCUT2D eigenvalue weighted by Crippen LogP contribution is -2.29. The third kappa shape index (κ3) is 3.35. The minimum absolute atomic E-state index is 0.0407. The largest absolute Gasteiger partial charge is 0.484 e. The fraction of sp³-hybridized carbons (Fsp3) is 0.562. The highest BCUT2D eigenvalue weighted by atomic mass is 32.1. The summed E-state index contributed by atoms with van der Waals surface area (Å²) in [6.45, 7) is 6.49. The first kappa shape index (κ1) is 15.7. The van der Waals surface area contributed by atoms with Crippen LogP contribution in [0.3, 0.4) is 0 Å². The Hall–Kier alpha value is -1.77. The number of pyridine rings is 1. The predicted molar refractivity (Wildman–Crippen MR) is 89.7 cm³/mol. The topological polar surface area (TPSA) is 69.6 Å². The van der Waals surface area contributed by atoms with Crippen molar-refractivity contribution in [2.45, 2.75) is 32.2 Å². The number of hydrogen-bond donors (Lipinski definition) is 0. The van der Waals surface area contributed by atoms with E-state index in [1.165, 1.54) is 0 Å². The van der Waals surface area contributed by atoms with Gasteiger partial charge in [-0.25, -0.2) is 0 Å². The molecule has 0 bridgehead atoms. The van der Waals surface area contributed by atoms with E-state index in [1.54, 1.807) is 17.5 Å². The maximum absolute atomic E-state index is 6.04. The van der Waals surface area contributed by atoms with Crippen molar-refractivity contribution < 1.29 is 14.2 Å². The Morgan fingerprint density at radius 3 is 2.46 bits per heavy atom. The van der Waals surface area contributed by atoms with Crippen LogP contribution in [0.25, 0.3) is 0 Å². The number of hydrogen-bond acceptors (Lipinski definition) is 8. The highest BCUT2D eigenvalue weighted by molar-refractivity contribution is 7.15. The molecule has 0 aromatic carbocycles. The number of nitrogens with zero attached hydrogens (tertiary/aromatic N) is 4. The minimum Gasteiger partial charge on any atom is -0.484 e. The van der Waals surface area contributed by atoms with E-state index in [9.17, 15) is 0 Å². The van der Waals surface area contributed by atoms with Crippen LogP contribution < -0.4 is 9.64 Å². The Morgan fingerprint density at radius 2 is 1.88 bits per heavy atom. The molecule has 8 heteroatoms. The number of rotatable bonds is 3. The SMILES string of the molecule is Cc1ccc(OC2CO[C@H]3CN(c4nnc(C)s4)C[C@@H]3OC2)cn1. The zero-order valence-electron chi connectivity index (χ0n) is 13.7. The maximum Gasteiger partial charge on any atom is 0.208 e. The maximum atomic E-state index is 6.04. The Bertz CT molecular complexity index is 677. The first-order valence-electron chi connectivity index (χ1n) is 8.05. The van der Waals surface area contributed by atoms with Crippen molar-refractivity contribution in [3.05, 3.63) is 29.0 Å². The lowest BCUT2D eigenvalue weighted by molar-refractivity contribution is -0.00461. The molecule has 2 atom stereocenters. The van der Waals surface area contributed by atoms with E-state index < -0.39 is 0 Å². The molecule has 4 heterocycles. The molecule has 0 unspecified atom stereocenters. The van der Waals surface area contributed by atoms with E-state index in [-0.39, 0.29) is 18.3 Å². The summed E-state index contributed by atoms with van der Waals surface area (Å²) in [5.41, 5.74) is 0.970. The predicted octanol–water partition coefficient (Wildman–Crippen LogP) is 1.60. The van der Waals surface area contributed by atoms with Gasteiger partial charge < -0.3 is 19.1 Å². The van der Waals surface area contributed by atoms with Gasteiger partial charge in [-0.05, 0) is 26.0 Å². The molecule has 128 valence electrons. The van der Waals surface area contributed by atoms with E-state index >= 15 is 0 Å². The summed E-state index contributed by atoms with van der Waals surface area (Å²) >= 11 is 1.60. The first-order valence-corrected chi connectivity index (χ1v) is 8.86. The molecule has 7 nitrogen and oxygen atoms in total. The molecule has 2 aliphatic rings. The lowest BCUT2D eigenvalue weighted by atomic mass is 10.3. The normalized spacial score (nSPS) is 24.7. The summed E-state index contributed by atoms with van der Waals surface area (Å²) in [7, 11) is 0. The van der Waals surface area contributed by atoms with Gasteiger partial charge in [0.25, 0.3) is 0 Å². The van der Waals surface area contributed by atoms with E-state index in [1.807, 2.05) is 26.0 Å². The molecule has 4 rings (SSSR count). The van der Waals surface area contributed by atoms with Gasteiger partial charge in [-0.3, -0.25) is 4.98 Å². The van der Waals surface area contributed by atoms with Crippen molar-refractivity contribution in [1.29, 1.82) is 0 Å². The highest BCUT2D eigenvalue weighted by Gasteiger charge is 2.39. The fourth-order valence-corrected chi connectivity index (χ4v) is 3.63. The van der Waals surface area contributed by atoms with Crippen LogP contribution in [0.2, 0.25) is 0 Å². The minimum atomic E-state index is -0.114. The molecule has 24 heavy (non-hydrogen) atoms. The Labute approximate surface area is 144 Å². The van der Waals surface area contributed by atoms with Gasteiger partial charge in [-0.1, -0.05) is 11.3 Å². The number of ether oxygens (including phenoxy) is 3. The van der Waals surface area contributed by atoms with Crippen LogP contribution in [0.5, 0.6) is 5.75 Å². The molecule has 0 amide bonds. The van der Waals surface area contributed by atoms with Crippen LogP contribution in [0.4, 0.5) is 5.13 Å². The molecule has 2 saturated heterocycles. The van der Waals surface area contributed by atoms with Crippen LogP contribution in [-0.2, 0) is 9.47 Å². The molecule has 0 aliphatic carbocycles. The fourth-order valence-electron chi connectivity index (χ4n) is 2.93. The van der Waals surface area contributed by atoms with Crippen LogP contribution in [-0.4, -0.2) is 59.8 Å². The van der Waals surface area contributed by atoms with Crippen molar-refractivity contribution in [1.82, 2.24) is 15.2 Å². The summed E-state index contributed by atoms with van der Waals surface area (Å²) < 4.78 is 18.0. The molecule has 0 N–H and O–H groups in total. The monoisotopic (exact) mass is 348 g/mol. The molecular formula is C16H20N4O3S. The van der Waals surface area contributed by atoms with Crippen molar-refractivity contribution in [2.75, 3.05) is 31.2 Å². The Balaban J connectivity index is 1.35. The number of anilines is 1. The van der Waals surface area contributed by atoms with Crippen LogP contribution >= 0.6 is 11.3 Å². The van der Waals surface area contributed by atoms with Crippen LogP contribution in [0.1, 0.15) is 10.7 Å². The third-order valence-corrected chi connectivity index (χ3v) is 5.08. The third-order valence-electron chi connectivity index (χ3n) is 4.18. The number of aromatic nitrogens is 3. The van der Waals surface area contributed by atoms with Gasteiger partial charge in [0.15, 0.2) is 0 Å². The van der Waals surface area contributed by atoms with Gasteiger partial charge >= 0.3 is 0 Å². The highest BCUT2D eigenvalue weighted by Crippen LogP contribution is 2.28. The van der Waals surface area contributed by atoms with Crippen molar-refractivity contribution in [3.8, 4) is 5.75 Å². The van der Waals surface area contributed by atoms with Gasteiger partial charge in [0.1, 0.15) is 29.1 Å². The van der Waals surface area contributed by atoms with E-state index in [2.05, 4.69) is 20.1 Å². The Kier molecular flexibility index (Phi) is 4.34. The van der Waals surface area contributed by atoms with Crippen molar-refractivity contribution >= 4 is 16.5 Å². The zero-order chi connectivity index (χ0) is 16.5. The van der Waals surface area contributed by atoms with Crippen LogP contribution in [0, 0.1) is 13.8 Å². The second kappa shape index (κ2) is 6.62.